The number of piperidine rings is 1. The molecule has 3 fully saturated rings. The second-order valence-corrected chi connectivity index (χ2v) is 8.09. The van der Waals surface area contributed by atoms with E-state index < -0.39 is 0 Å². The van der Waals surface area contributed by atoms with Crippen LogP contribution in [0.2, 0.25) is 0 Å². The lowest BCUT2D eigenvalue weighted by molar-refractivity contribution is -0.134. The van der Waals surface area contributed by atoms with Crippen LogP contribution in [-0.2, 0) is 9.59 Å². The Balaban J connectivity index is 1.44. The van der Waals surface area contributed by atoms with Crippen molar-refractivity contribution in [2.24, 2.45) is 11.8 Å². The highest BCUT2D eigenvalue weighted by molar-refractivity contribution is 5.78. The molecule has 2 amide bonds. The number of likely N-dealkylation sites (tertiary alicyclic amines) is 3. The van der Waals surface area contributed by atoms with E-state index in [9.17, 15) is 9.59 Å². The van der Waals surface area contributed by atoms with Crippen LogP contribution in [0.1, 0.15) is 37.8 Å². The van der Waals surface area contributed by atoms with Gasteiger partial charge in [0.15, 0.2) is 0 Å². The van der Waals surface area contributed by atoms with E-state index in [4.69, 9.17) is 0 Å². The van der Waals surface area contributed by atoms with Gasteiger partial charge < -0.3 is 9.80 Å². The summed E-state index contributed by atoms with van der Waals surface area (Å²) in [6, 6.07) is 10.5. The summed E-state index contributed by atoms with van der Waals surface area (Å²) in [6.45, 7) is 6.71. The molecule has 5 nitrogen and oxygen atoms in total. The number of hydrogen-bond acceptors (Lipinski definition) is 3. The third-order valence-electron chi connectivity index (χ3n) is 6.35. The molecule has 0 bridgehead atoms. The van der Waals surface area contributed by atoms with E-state index in [0.717, 1.165) is 45.6 Å². The highest BCUT2D eigenvalue weighted by Crippen LogP contribution is 2.44. The van der Waals surface area contributed by atoms with Crippen LogP contribution in [0.3, 0.4) is 0 Å². The van der Waals surface area contributed by atoms with Crippen LogP contribution in [0.5, 0.6) is 0 Å². The minimum Gasteiger partial charge on any atom is -0.342 e. The predicted octanol–water partition coefficient (Wildman–Crippen LogP) is 2.15. The summed E-state index contributed by atoms with van der Waals surface area (Å²) in [5.74, 6) is 1.34. The fraction of sp³-hybridized carbons (Fsp3) is 0.619. The van der Waals surface area contributed by atoms with Crippen molar-refractivity contribution in [2.45, 2.75) is 32.2 Å². The topological polar surface area (TPSA) is 43.9 Å². The van der Waals surface area contributed by atoms with Crippen molar-refractivity contribution >= 4 is 11.8 Å². The molecule has 3 aliphatic rings. The molecule has 0 radical (unpaired) electrons. The Morgan fingerprint density at radius 1 is 1.00 bits per heavy atom. The van der Waals surface area contributed by atoms with Gasteiger partial charge in [-0.15, -0.1) is 0 Å². The number of nitrogens with zero attached hydrogens (tertiary/aromatic N) is 3. The number of carbonyl (C=O) groups is 2. The Labute approximate surface area is 155 Å². The summed E-state index contributed by atoms with van der Waals surface area (Å²) >= 11 is 0. The van der Waals surface area contributed by atoms with Crippen LogP contribution in [-0.4, -0.2) is 65.8 Å². The summed E-state index contributed by atoms with van der Waals surface area (Å²) < 4.78 is 0. The lowest BCUT2D eigenvalue weighted by Crippen LogP contribution is -2.43. The predicted molar refractivity (Wildman–Crippen MR) is 100 cm³/mol. The molecule has 1 aromatic carbocycles. The van der Waals surface area contributed by atoms with Crippen molar-refractivity contribution in [3.63, 3.8) is 0 Å². The lowest BCUT2D eigenvalue weighted by Gasteiger charge is -2.31. The Bertz CT molecular complexity index is 656. The van der Waals surface area contributed by atoms with Crippen molar-refractivity contribution in [1.82, 2.24) is 14.7 Å². The van der Waals surface area contributed by atoms with Gasteiger partial charge >= 0.3 is 0 Å². The molecular weight excluding hydrogens is 326 g/mol. The normalized spacial score (nSPS) is 29.0. The Morgan fingerprint density at radius 3 is 2.42 bits per heavy atom. The van der Waals surface area contributed by atoms with Crippen molar-refractivity contribution in [1.29, 1.82) is 0 Å². The Kier molecular flexibility index (Phi) is 4.98. The summed E-state index contributed by atoms with van der Waals surface area (Å²) in [4.78, 5) is 31.2. The number of hydrogen-bond donors (Lipinski definition) is 0. The fourth-order valence-corrected chi connectivity index (χ4v) is 5.10. The molecule has 3 heterocycles. The zero-order chi connectivity index (χ0) is 18.1. The minimum atomic E-state index is 0.147. The van der Waals surface area contributed by atoms with Crippen LogP contribution < -0.4 is 0 Å². The molecule has 0 saturated carbocycles. The summed E-state index contributed by atoms with van der Waals surface area (Å²) in [5.41, 5.74) is 1.22. The molecule has 0 N–H and O–H groups in total. The summed E-state index contributed by atoms with van der Waals surface area (Å²) in [6.07, 6.45) is 3.53. The molecule has 3 aliphatic heterocycles. The van der Waals surface area contributed by atoms with E-state index in [-0.39, 0.29) is 17.9 Å². The number of rotatable bonds is 3. The van der Waals surface area contributed by atoms with Crippen LogP contribution in [0.25, 0.3) is 0 Å². The van der Waals surface area contributed by atoms with E-state index in [2.05, 4.69) is 17.0 Å². The van der Waals surface area contributed by atoms with Gasteiger partial charge in [0.25, 0.3) is 0 Å². The lowest BCUT2D eigenvalue weighted by atomic mass is 9.89. The van der Waals surface area contributed by atoms with Gasteiger partial charge in [-0.25, -0.2) is 0 Å². The Morgan fingerprint density at radius 2 is 1.73 bits per heavy atom. The first-order valence-electron chi connectivity index (χ1n) is 9.96. The maximum absolute atomic E-state index is 12.6. The third kappa shape index (κ3) is 3.37. The summed E-state index contributed by atoms with van der Waals surface area (Å²) in [7, 11) is 0. The van der Waals surface area contributed by atoms with Crippen molar-refractivity contribution in [3.8, 4) is 0 Å². The van der Waals surface area contributed by atoms with Gasteiger partial charge in [0.2, 0.25) is 11.8 Å². The zero-order valence-corrected chi connectivity index (χ0v) is 15.6. The highest BCUT2D eigenvalue weighted by atomic mass is 16.2. The van der Waals surface area contributed by atoms with Crippen LogP contribution >= 0.6 is 0 Å². The average molecular weight is 355 g/mol. The van der Waals surface area contributed by atoms with Gasteiger partial charge in [-0.1, -0.05) is 30.3 Å². The number of benzene rings is 1. The van der Waals surface area contributed by atoms with Crippen LogP contribution in [0, 0.1) is 11.8 Å². The summed E-state index contributed by atoms with van der Waals surface area (Å²) in [5, 5.41) is 0. The molecule has 140 valence electrons. The number of amides is 2. The average Bonchev–Trinajstić information content (AvgIpc) is 3.20. The van der Waals surface area contributed by atoms with Crippen molar-refractivity contribution in [2.75, 3.05) is 39.3 Å². The second-order valence-electron chi connectivity index (χ2n) is 8.09. The third-order valence-corrected chi connectivity index (χ3v) is 6.35. The van der Waals surface area contributed by atoms with Crippen molar-refractivity contribution in [3.05, 3.63) is 35.9 Å². The van der Waals surface area contributed by atoms with Gasteiger partial charge in [0.05, 0.1) is 12.6 Å². The molecule has 0 aliphatic carbocycles. The van der Waals surface area contributed by atoms with Gasteiger partial charge in [0.1, 0.15) is 0 Å². The maximum Gasteiger partial charge on any atom is 0.236 e. The maximum atomic E-state index is 12.6. The zero-order valence-electron chi connectivity index (χ0n) is 15.6. The SMILES string of the molecule is CC(=O)N1C[C@H]2CN(CC(=O)N3CCCCC3)C[C@H]2[C@@H]1c1ccccc1. The first kappa shape index (κ1) is 17.5. The van der Waals surface area contributed by atoms with E-state index in [0.29, 0.717) is 18.4 Å². The molecule has 1 aromatic rings. The van der Waals surface area contributed by atoms with Gasteiger partial charge in [-0.3, -0.25) is 14.5 Å². The molecule has 4 rings (SSSR count). The largest absolute Gasteiger partial charge is 0.342 e. The molecule has 5 heteroatoms. The molecular formula is C21H29N3O2. The minimum absolute atomic E-state index is 0.147. The van der Waals surface area contributed by atoms with E-state index in [1.807, 2.05) is 28.0 Å². The first-order valence-corrected chi connectivity index (χ1v) is 9.96. The fourth-order valence-electron chi connectivity index (χ4n) is 5.10. The van der Waals surface area contributed by atoms with Gasteiger partial charge in [-0.2, -0.15) is 0 Å². The van der Waals surface area contributed by atoms with E-state index in [1.54, 1.807) is 6.92 Å². The first-order chi connectivity index (χ1) is 12.6. The van der Waals surface area contributed by atoms with Gasteiger partial charge in [-0.05, 0) is 30.7 Å². The highest BCUT2D eigenvalue weighted by Gasteiger charge is 2.48. The molecule has 0 unspecified atom stereocenters. The Hall–Kier alpha value is -1.88. The van der Waals surface area contributed by atoms with Crippen LogP contribution in [0.15, 0.2) is 30.3 Å². The molecule has 0 spiro atoms. The quantitative estimate of drug-likeness (QED) is 0.834. The monoisotopic (exact) mass is 355 g/mol. The van der Waals surface area contributed by atoms with Gasteiger partial charge in [0, 0.05) is 45.6 Å². The smallest absolute Gasteiger partial charge is 0.236 e. The second kappa shape index (κ2) is 7.39. The van der Waals surface area contributed by atoms with E-state index >= 15 is 0 Å². The van der Waals surface area contributed by atoms with Crippen LogP contribution in [0.4, 0.5) is 0 Å². The number of fused-ring (bicyclic) bond motifs is 1. The number of carbonyl (C=O) groups excluding carboxylic acids is 2. The van der Waals surface area contributed by atoms with E-state index in [1.165, 1.54) is 12.0 Å². The van der Waals surface area contributed by atoms with Crippen molar-refractivity contribution < 1.29 is 9.59 Å². The standard InChI is InChI=1S/C21H29N3O2/c1-16(25)24-13-18-12-22(15-20(26)23-10-6-3-7-11-23)14-19(18)21(24)17-8-4-2-5-9-17/h2,4-5,8-9,18-19,21H,3,6-7,10-15H2,1H3/t18-,19-,21+/m1/s1. The molecule has 3 atom stereocenters. The molecule has 3 saturated heterocycles. The molecule has 26 heavy (non-hydrogen) atoms. The molecule has 0 aromatic heterocycles.